The predicted octanol–water partition coefficient (Wildman–Crippen LogP) is 4.11. The zero-order chi connectivity index (χ0) is 15.6. The Kier molecular flexibility index (Phi) is 4.78. The first-order valence-electron chi connectivity index (χ1n) is 6.48. The number of rotatable bonds is 4. The van der Waals surface area contributed by atoms with Crippen LogP contribution in [0, 0.1) is 0 Å². The summed E-state index contributed by atoms with van der Waals surface area (Å²) in [5.74, 6) is -0.857. The van der Waals surface area contributed by atoms with E-state index in [9.17, 15) is 4.79 Å². The Morgan fingerprint density at radius 2 is 2.05 bits per heavy atom. The SMILES string of the molecule is CC(C)(C)c1cnc(SCC(=O)O)n1-c1ccccc1Br. The van der Waals surface area contributed by atoms with Crippen molar-refractivity contribution in [3.05, 3.63) is 40.6 Å². The molecule has 0 spiro atoms. The van der Waals surface area contributed by atoms with Gasteiger partial charge < -0.3 is 5.11 Å². The maximum absolute atomic E-state index is 10.8. The first kappa shape index (κ1) is 16.1. The van der Waals surface area contributed by atoms with Crippen LogP contribution >= 0.6 is 27.7 Å². The number of halogens is 1. The first-order chi connectivity index (χ1) is 9.80. The monoisotopic (exact) mass is 368 g/mol. The quantitative estimate of drug-likeness (QED) is 0.825. The van der Waals surface area contributed by atoms with Crippen LogP contribution in [-0.2, 0) is 10.2 Å². The number of nitrogens with zero attached hydrogens (tertiary/aromatic N) is 2. The van der Waals surface area contributed by atoms with Gasteiger partial charge >= 0.3 is 5.97 Å². The second-order valence-corrected chi connectivity index (χ2v) is 7.44. The zero-order valence-corrected chi connectivity index (χ0v) is 14.5. The highest BCUT2D eigenvalue weighted by atomic mass is 79.9. The molecule has 0 unspecified atom stereocenters. The number of carboxylic acids is 1. The molecule has 4 nitrogen and oxygen atoms in total. The molecular formula is C15H17BrN2O2S. The lowest BCUT2D eigenvalue weighted by molar-refractivity contribution is -0.133. The van der Waals surface area contributed by atoms with Gasteiger partial charge in [-0.1, -0.05) is 44.7 Å². The van der Waals surface area contributed by atoms with Gasteiger partial charge in [-0.25, -0.2) is 4.98 Å². The van der Waals surface area contributed by atoms with Crippen molar-refractivity contribution in [3.63, 3.8) is 0 Å². The van der Waals surface area contributed by atoms with Crippen LogP contribution < -0.4 is 0 Å². The van der Waals surface area contributed by atoms with Crippen molar-refractivity contribution in [2.75, 3.05) is 5.75 Å². The summed E-state index contributed by atoms with van der Waals surface area (Å²) in [6, 6.07) is 7.86. The van der Waals surface area contributed by atoms with Crippen LogP contribution in [0.5, 0.6) is 0 Å². The molecule has 0 fully saturated rings. The highest BCUT2D eigenvalue weighted by Gasteiger charge is 2.24. The minimum absolute atomic E-state index is 0.00888. The Balaban J connectivity index is 2.56. The zero-order valence-electron chi connectivity index (χ0n) is 12.1. The van der Waals surface area contributed by atoms with Crippen molar-refractivity contribution >= 4 is 33.7 Å². The maximum atomic E-state index is 10.8. The Bertz CT molecular complexity index is 662. The highest BCUT2D eigenvalue weighted by molar-refractivity contribution is 9.10. The van der Waals surface area contributed by atoms with Crippen molar-refractivity contribution in [3.8, 4) is 5.69 Å². The molecule has 112 valence electrons. The normalized spacial score (nSPS) is 11.6. The molecule has 0 atom stereocenters. The van der Waals surface area contributed by atoms with E-state index in [1.165, 1.54) is 11.8 Å². The van der Waals surface area contributed by atoms with Gasteiger partial charge in [0.2, 0.25) is 0 Å². The van der Waals surface area contributed by atoms with Gasteiger partial charge in [-0.05, 0) is 28.1 Å². The lowest BCUT2D eigenvalue weighted by atomic mass is 9.92. The molecule has 1 N–H and O–H groups in total. The van der Waals surface area contributed by atoms with Crippen molar-refractivity contribution in [2.24, 2.45) is 0 Å². The Morgan fingerprint density at radius 1 is 1.38 bits per heavy atom. The number of carboxylic acid groups (broad SMARTS) is 1. The van der Waals surface area contributed by atoms with Crippen molar-refractivity contribution in [2.45, 2.75) is 31.3 Å². The van der Waals surface area contributed by atoms with Crippen molar-refractivity contribution in [1.29, 1.82) is 0 Å². The first-order valence-corrected chi connectivity index (χ1v) is 8.26. The fraction of sp³-hybridized carbons (Fsp3) is 0.333. The molecule has 0 amide bonds. The molecule has 0 aliphatic rings. The van der Waals surface area contributed by atoms with Gasteiger partial charge in [-0.2, -0.15) is 0 Å². The van der Waals surface area contributed by atoms with Gasteiger partial charge in [-0.3, -0.25) is 9.36 Å². The smallest absolute Gasteiger partial charge is 0.313 e. The Labute approximate surface area is 136 Å². The van der Waals surface area contributed by atoms with E-state index in [0.717, 1.165) is 15.9 Å². The average Bonchev–Trinajstić information content (AvgIpc) is 2.80. The van der Waals surface area contributed by atoms with Gasteiger partial charge in [0.05, 0.1) is 17.6 Å². The van der Waals surface area contributed by atoms with E-state index in [-0.39, 0.29) is 11.2 Å². The lowest BCUT2D eigenvalue weighted by Crippen LogP contribution is -2.17. The van der Waals surface area contributed by atoms with Crippen LogP contribution in [0.25, 0.3) is 5.69 Å². The second-order valence-electron chi connectivity index (χ2n) is 5.65. The number of hydrogen-bond acceptors (Lipinski definition) is 3. The van der Waals surface area contributed by atoms with E-state index in [0.29, 0.717) is 5.16 Å². The summed E-state index contributed by atoms with van der Waals surface area (Å²) in [7, 11) is 0. The van der Waals surface area contributed by atoms with E-state index in [4.69, 9.17) is 5.11 Å². The molecule has 2 rings (SSSR count). The van der Waals surface area contributed by atoms with Crippen molar-refractivity contribution < 1.29 is 9.90 Å². The maximum Gasteiger partial charge on any atom is 0.313 e. The molecule has 0 radical (unpaired) electrons. The van der Waals surface area contributed by atoms with E-state index in [2.05, 4.69) is 41.7 Å². The van der Waals surface area contributed by atoms with Crippen LogP contribution in [0.3, 0.4) is 0 Å². The van der Waals surface area contributed by atoms with Gasteiger partial charge in [0.15, 0.2) is 5.16 Å². The number of hydrogen-bond donors (Lipinski definition) is 1. The predicted molar refractivity (Wildman–Crippen MR) is 88.3 cm³/mol. The number of benzene rings is 1. The van der Waals surface area contributed by atoms with Gasteiger partial charge in [0, 0.05) is 15.6 Å². The van der Waals surface area contributed by atoms with Crippen LogP contribution in [-0.4, -0.2) is 26.4 Å². The lowest BCUT2D eigenvalue weighted by Gasteiger charge is -2.22. The molecule has 0 aliphatic carbocycles. The largest absolute Gasteiger partial charge is 0.481 e. The van der Waals surface area contributed by atoms with Crippen LogP contribution in [0.4, 0.5) is 0 Å². The number of carbonyl (C=O) groups is 1. The molecule has 0 bridgehead atoms. The van der Waals surface area contributed by atoms with E-state index in [1.807, 2.05) is 35.0 Å². The Morgan fingerprint density at radius 3 is 2.62 bits per heavy atom. The summed E-state index contributed by atoms with van der Waals surface area (Å²) in [5, 5.41) is 9.58. The fourth-order valence-electron chi connectivity index (χ4n) is 1.96. The number of imidazole rings is 1. The minimum atomic E-state index is -0.848. The highest BCUT2D eigenvalue weighted by Crippen LogP contribution is 2.33. The molecule has 0 saturated carbocycles. The number of para-hydroxylation sites is 1. The number of aromatic nitrogens is 2. The van der Waals surface area contributed by atoms with Crippen molar-refractivity contribution in [1.82, 2.24) is 9.55 Å². The minimum Gasteiger partial charge on any atom is -0.481 e. The molecule has 21 heavy (non-hydrogen) atoms. The third-order valence-electron chi connectivity index (χ3n) is 2.92. The third-order valence-corrected chi connectivity index (χ3v) is 4.52. The summed E-state index contributed by atoms with van der Waals surface area (Å²) in [6.07, 6.45) is 1.82. The third kappa shape index (κ3) is 3.68. The summed E-state index contributed by atoms with van der Waals surface area (Å²) < 4.78 is 2.98. The summed E-state index contributed by atoms with van der Waals surface area (Å²) in [6.45, 7) is 6.34. The van der Waals surface area contributed by atoms with Gasteiger partial charge in [0.1, 0.15) is 0 Å². The molecule has 2 aromatic rings. The molecule has 0 aliphatic heterocycles. The summed E-state index contributed by atoms with van der Waals surface area (Å²) in [4.78, 5) is 15.2. The summed E-state index contributed by atoms with van der Waals surface area (Å²) in [5.41, 5.74) is 1.92. The topological polar surface area (TPSA) is 55.1 Å². The number of thioether (sulfide) groups is 1. The molecular weight excluding hydrogens is 352 g/mol. The molecule has 1 aromatic carbocycles. The Hall–Kier alpha value is -1.27. The molecule has 6 heteroatoms. The molecule has 0 saturated heterocycles. The average molecular weight is 369 g/mol. The second kappa shape index (κ2) is 6.23. The standard InChI is InChI=1S/C15H17BrN2O2S/c1-15(2,3)12-8-17-14(21-9-13(19)20)18(12)11-7-5-4-6-10(11)16/h4-8H,9H2,1-3H3,(H,19,20). The van der Waals surface area contributed by atoms with Gasteiger partial charge in [0.25, 0.3) is 0 Å². The van der Waals surface area contributed by atoms with E-state index < -0.39 is 5.97 Å². The summed E-state index contributed by atoms with van der Waals surface area (Å²) >= 11 is 4.79. The molecule has 1 aromatic heterocycles. The van der Waals surface area contributed by atoms with Gasteiger partial charge in [-0.15, -0.1) is 0 Å². The number of aliphatic carboxylic acids is 1. The van der Waals surface area contributed by atoms with E-state index >= 15 is 0 Å². The fourth-order valence-corrected chi connectivity index (χ4v) is 3.13. The van der Waals surface area contributed by atoms with E-state index in [1.54, 1.807) is 0 Å². The molecule has 1 heterocycles. The van der Waals surface area contributed by atoms with Crippen LogP contribution in [0.15, 0.2) is 40.1 Å². The van der Waals surface area contributed by atoms with Crippen LogP contribution in [0.2, 0.25) is 0 Å². The van der Waals surface area contributed by atoms with Crippen LogP contribution in [0.1, 0.15) is 26.5 Å².